The Morgan fingerprint density at radius 3 is 2.71 bits per heavy atom. The fourth-order valence-corrected chi connectivity index (χ4v) is 5.26. The average molecular weight is 537 g/mol. The highest BCUT2D eigenvalue weighted by Gasteiger charge is 2.35. The predicted octanol–water partition coefficient (Wildman–Crippen LogP) is 4.60. The van der Waals surface area contributed by atoms with Crippen LogP contribution < -0.4 is 25.6 Å². The number of hydrogen-bond acceptors (Lipinski definition) is 9. The molecule has 0 radical (unpaired) electrons. The van der Waals surface area contributed by atoms with Gasteiger partial charge in [0.05, 0.1) is 24.9 Å². The van der Waals surface area contributed by atoms with Gasteiger partial charge in [0.15, 0.2) is 11.0 Å². The van der Waals surface area contributed by atoms with Gasteiger partial charge in [-0.1, -0.05) is 38.1 Å². The van der Waals surface area contributed by atoms with Gasteiger partial charge in [0, 0.05) is 35.2 Å². The Hall–Kier alpha value is -3.54. The van der Waals surface area contributed by atoms with Gasteiger partial charge in [-0.2, -0.15) is 0 Å². The fraction of sp³-hybridized carbons (Fsp3) is 0.370. The summed E-state index contributed by atoms with van der Waals surface area (Å²) in [6.07, 6.45) is 0. The van der Waals surface area contributed by atoms with Crippen LogP contribution >= 0.6 is 11.8 Å². The molecule has 3 heterocycles. The van der Waals surface area contributed by atoms with Gasteiger partial charge in [0.2, 0.25) is 0 Å². The van der Waals surface area contributed by atoms with Gasteiger partial charge in [-0.05, 0) is 47.7 Å². The van der Waals surface area contributed by atoms with E-state index in [0.29, 0.717) is 37.0 Å². The van der Waals surface area contributed by atoms with Crippen LogP contribution in [0.5, 0.6) is 5.75 Å². The molecule has 3 aromatic rings. The van der Waals surface area contributed by atoms with Crippen LogP contribution in [-0.4, -0.2) is 54.3 Å². The number of amidine groups is 1. The number of carbonyl (C=O) groups is 1. The van der Waals surface area contributed by atoms with Crippen molar-refractivity contribution >= 4 is 40.2 Å². The van der Waals surface area contributed by atoms with E-state index in [4.69, 9.17) is 19.4 Å². The molecule has 10 nitrogen and oxygen atoms in total. The molecule has 2 amide bonds. The van der Waals surface area contributed by atoms with E-state index in [0.717, 1.165) is 33.6 Å². The summed E-state index contributed by atoms with van der Waals surface area (Å²) in [5.74, 6) is 1.90. The van der Waals surface area contributed by atoms with E-state index in [1.54, 1.807) is 17.8 Å². The third-order valence-corrected chi connectivity index (χ3v) is 7.21. The van der Waals surface area contributed by atoms with Crippen LogP contribution in [0.25, 0.3) is 0 Å². The molecule has 0 saturated heterocycles. The number of aromatic nitrogens is 1. The lowest BCUT2D eigenvalue weighted by molar-refractivity contribution is 0.262. The predicted molar refractivity (Wildman–Crippen MR) is 150 cm³/mol. The van der Waals surface area contributed by atoms with Crippen molar-refractivity contribution in [1.29, 1.82) is 0 Å². The molecule has 0 aliphatic carbocycles. The smallest absolute Gasteiger partial charge is 0.324 e. The molecule has 0 saturated carbocycles. The number of urea groups is 1. The van der Waals surface area contributed by atoms with Crippen molar-refractivity contribution in [3.05, 3.63) is 59.9 Å². The molecule has 4 N–H and O–H groups in total. The summed E-state index contributed by atoms with van der Waals surface area (Å²) >= 11 is 1.65. The molecule has 1 atom stereocenters. The molecule has 2 aliphatic heterocycles. The number of amides is 2. The Morgan fingerprint density at radius 1 is 1.16 bits per heavy atom. The maximum absolute atomic E-state index is 12.4. The Kier molecular flexibility index (Phi) is 7.59. The van der Waals surface area contributed by atoms with E-state index in [-0.39, 0.29) is 24.1 Å². The van der Waals surface area contributed by atoms with Crippen molar-refractivity contribution in [1.82, 2.24) is 10.5 Å². The number of thioether (sulfide) groups is 1. The zero-order valence-corrected chi connectivity index (χ0v) is 22.5. The van der Waals surface area contributed by atoms with Crippen LogP contribution in [0.15, 0.2) is 62.9 Å². The molecular formula is C27H32N6O4S. The van der Waals surface area contributed by atoms with Crippen LogP contribution in [-0.2, 0) is 5.41 Å². The summed E-state index contributed by atoms with van der Waals surface area (Å²) < 4.78 is 11.1. The minimum absolute atomic E-state index is 0.0213. The number of fused-ring (bicyclic) bond motifs is 3. The van der Waals surface area contributed by atoms with E-state index < -0.39 is 0 Å². The zero-order chi connectivity index (χ0) is 26.7. The number of aliphatic imine (C=N–C) groups is 1. The maximum atomic E-state index is 12.4. The van der Waals surface area contributed by atoms with Crippen molar-refractivity contribution in [3.63, 3.8) is 0 Å². The lowest BCUT2D eigenvalue weighted by Crippen LogP contribution is -2.24. The second-order valence-electron chi connectivity index (χ2n) is 10.1. The summed E-state index contributed by atoms with van der Waals surface area (Å²) in [5.41, 5.74) is 2.71. The van der Waals surface area contributed by atoms with Crippen LogP contribution in [0.1, 0.15) is 38.1 Å². The number of nitrogens with one attached hydrogen (secondary N) is 3. The summed E-state index contributed by atoms with van der Waals surface area (Å²) in [6.45, 7) is 8.73. The molecule has 5 rings (SSSR count). The van der Waals surface area contributed by atoms with E-state index in [1.165, 1.54) is 0 Å². The maximum Gasteiger partial charge on any atom is 0.324 e. The third kappa shape index (κ3) is 5.95. The zero-order valence-electron chi connectivity index (χ0n) is 21.7. The van der Waals surface area contributed by atoms with Crippen LogP contribution in [0.4, 0.5) is 22.0 Å². The first-order valence-electron chi connectivity index (χ1n) is 12.6. The van der Waals surface area contributed by atoms with E-state index in [2.05, 4.69) is 38.1 Å². The fourth-order valence-electron chi connectivity index (χ4n) is 4.14. The second-order valence-corrected chi connectivity index (χ2v) is 11.1. The van der Waals surface area contributed by atoms with Crippen molar-refractivity contribution in [2.45, 2.75) is 37.1 Å². The molecule has 1 unspecified atom stereocenters. The highest BCUT2D eigenvalue weighted by molar-refractivity contribution is 8.14. The molecule has 0 spiro atoms. The normalized spacial score (nSPS) is 16.2. The van der Waals surface area contributed by atoms with Crippen molar-refractivity contribution in [3.8, 4) is 5.75 Å². The Labute approximate surface area is 225 Å². The number of nitrogens with zero attached hydrogens (tertiary/aromatic N) is 3. The average Bonchev–Trinajstić information content (AvgIpc) is 3.59. The summed E-state index contributed by atoms with van der Waals surface area (Å²) in [4.78, 5) is 20.7. The first kappa shape index (κ1) is 26.1. The number of aliphatic hydroxyl groups is 1. The standard InChI is InChI=1S/C27H32N6O4S/c1-27(2,3)23-15-24(32-37-23)31-25(35)29-18-6-4-17(5-7-18)20-16-33-21-9-8-19(36-13-11-28-10-12-34)14-22(21)38-26(33)30-20/h4-9,14-15,20,28,34H,10-13,16H2,1-3H3,(H2,29,31,32,35). The number of ether oxygens (including phenoxy) is 1. The van der Waals surface area contributed by atoms with Gasteiger partial charge in [0.25, 0.3) is 0 Å². The second kappa shape index (κ2) is 11.1. The van der Waals surface area contributed by atoms with Crippen LogP contribution in [0.2, 0.25) is 0 Å². The number of anilines is 3. The molecule has 38 heavy (non-hydrogen) atoms. The molecule has 1 aromatic heterocycles. The van der Waals surface area contributed by atoms with Gasteiger partial charge < -0.3 is 29.9 Å². The molecule has 2 aromatic carbocycles. The number of hydrogen-bond donors (Lipinski definition) is 4. The first-order chi connectivity index (χ1) is 18.3. The van der Waals surface area contributed by atoms with E-state index >= 15 is 0 Å². The van der Waals surface area contributed by atoms with Gasteiger partial charge in [-0.3, -0.25) is 10.3 Å². The van der Waals surface area contributed by atoms with Gasteiger partial charge >= 0.3 is 6.03 Å². The van der Waals surface area contributed by atoms with Crippen LogP contribution in [0, 0.1) is 0 Å². The minimum Gasteiger partial charge on any atom is -0.492 e. The largest absolute Gasteiger partial charge is 0.492 e. The van der Waals surface area contributed by atoms with Crippen molar-refractivity contribution < 1.29 is 19.2 Å². The van der Waals surface area contributed by atoms with Crippen molar-refractivity contribution in [2.75, 3.05) is 48.4 Å². The third-order valence-electron chi connectivity index (χ3n) is 6.16. The minimum atomic E-state index is -0.383. The molecular weight excluding hydrogens is 504 g/mol. The molecule has 2 aliphatic rings. The highest BCUT2D eigenvalue weighted by atomic mass is 32.2. The Balaban J connectivity index is 1.14. The number of rotatable bonds is 9. The quantitative estimate of drug-likeness (QED) is 0.293. The topological polar surface area (TPSA) is 124 Å². The van der Waals surface area contributed by atoms with E-state index in [9.17, 15) is 4.79 Å². The lowest BCUT2D eigenvalue weighted by atomic mass is 9.93. The summed E-state index contributed by atoms with van der Waals surface area (Å²) in [6, 6.07) is 15.2. The highest BCUT2D eigenvalue weighted by Crippen LogP contribution is 2.46. The van der Waals surface area contributed by atoms with Gasteiger partial charge in [0.1, 0.15) is 18.1 Å². The Morgan fingerprint density at radius 2 is 1.97 bits per heavy atom. The molecule has 0 bridgehead atoms. The van der Waals surface area contributed by atoms with E-state index in [1.807, 2.05) is 51.1 Å². The molecule has 11 heteroatoms. The monoisotopic (exact) mass is 536 g/mol. The number of benzene rings is 2. The Bertz CT molecular complexity index is 1320. The lowest BCUT2D eigenvalue weighted by Gasteiger charge is -2.16. The van der Waals surface area contributed by atoms with Crippen LogP contribution in [0.3, 0.4) is 0 Å². The summed E-state index contributed by atoms with van der Waals surface area (Å²) in [5, 5.41) is 22.4. The number of aliphatic hydroxyl groups excluding tert-OH is 1. The molecule has 0 fully saturated rings. The summed E-state index contributed by atoms with van der Waals surface area (Å²) in [7, 11) is 0. The van der Waals surface area contributed by atoms with Gasteiger partial charge in [-0.15, -0.1) is 0 Å². The first-order valence-corrected chi connectivity index (χ1v) is 13.4. The van der Waals surface area contributed by atoms with Crippen molar-refractivity contribution in [2.24, 2.45) is 4.99 Å². The SMILES string of the molecule is CC(C)(C)c1cc(NC(=O)Nc2ccc(C3CN4C(=N3)Sc3cc(OCCNCCO)ccc34)cc2)no1. The number of carbonyl (C=O) groups excluding carboxylic acids is 1. The molecule has 200 valence electrons. The van der Waals surface area contributed by atoms with Gasteiger partial charge in [-0.25, -0.2) is 4.79 Å².